The van der Waals surface area contributed by atoms with E-state index in [4.69, 9.17) is 9.47 Å². The van der Waals surface area contributed by atoms with E-state index in [0.717, 1.165) is 11.1 Å². The zero-order valence-corrected chi connectivity index (χ0v) is 21.2. The predicted octanol–water partition coefficient (Wildman–Crippen LogP) is 6.12. The molecule has 4 rings (SSSR count). The SMILES string of the molecule is CCOc1ccc(N2C(=O)C(=O)/C(=C(/O)c3cc(C)ccc3C)C2c2cccc(OC(C)C)c2)cc1. The summed E-state index contributed by atoms with van der Waals surface area (Å²) in [6, 6.07) is 19.1. The van der Waals surface area contributed by atoms with Gasteiger partial charge >= 0.3 is 0 Å². The number of benzene rings is 3. The lowest BCUT2D eigenvalue weighted by molar-refractivity contribution is -0.132. The first-order chi connectivity index (χ1) is 17.2. The highest BCUT2D eigenvalue weighted by molar-refractivity contribution is 6.51. The Bertz CT molecular complexity index is 1320. The van der Waals surface area contributed by atoms with Crippen LogP contribution in [0.1, 0.15) is 49.1 Å². The van der Waals surface area contributed by atoms with E-state index < -0.39 is 17.7 Å². The maximum absolute atomic E-state index is 13.5. The van der Waals surface area contributed by atoms with E-state index in [1.54, 1.807) is 24.3 Å². The van der Waals surface area contributed by atoms with Crippen molar-refractivity contribution in [2.45, 2.75) is 46.8 Å². The van der Waals surface area contributed by atoms with Gasteiger partial charge in [-0.2, -0.15) is 0 Å². The second-order valence-electron chi connectivity index (χ2n) is 9.15. The molecule has 3 aromatic carbocycles. The number of aliphatic hydroxyl groups is 1. The third kappa shape index (κ3) is 4.85. The molecule has 3 aromatic rings. The number of carbonyl (C=O) groups excluding carboxylic acids is 2. The molecule has 1 atom stereocenters. The van der Waals surface area contributed by atoms with Gasteiger partial charge in [-0.3, -0.25) is 14.5 Å². The molecule has 1 fully saturated rings. The molecule has 1 saturated heterocycles. The first-order valence-corrected chi connectivity index (χ1v) is 12.1. The highest BCUT2D eigenvalue weighted by atomic mass is 16.5. The number of aryl methyl sites for hydroxylation is 2. The fraction of sp³-hybridized carbons (Fsp3) is 0.267. The van der Waals surface area contributed by atoms with Crippen LogP contribution in [0.15, 0.2) is 72.3 Å². The first kappa shape index (κ1) is 25.0. The average Bonchev–Trinajstić information content (AvgIpc) is 3.11. The van der Waals surface area contributed by atoms with Crippen molar-refractivity contribution >= 4 is 23.1 Å². The fourth-order valence-corrected chi connectivity index (χ4v) is 4.45. The zero-order valence-electron chi connectivity index (χ0n) is 21.2. The summed E-state index contributed by atoms with van der Waals surface area (Å²) in [6.07, 6.45) is -0.0485. The van der Waals surface area contributed by atoms with Crippen LogP contribution in [0, 0.1) is 13.8 Å². The highest BCUT2D eigenvalue weighted by Gasteiger charge is 2.47. The quantitative estimate of drug-likeness (QED) is 0.248. The number of rotatable bonds is 7. The van der Waals surface area contributed by atoms with Crippen molar-refractivity contribution in [1.29, 1.82) is 0 Å². The predicted molar refractivity (Wildman–Crippen MR) is 141 cm³/mol. The number of amides is 1. The number of hydrogen-bond acceptors (Lipinski definition) is 5. The van der Waals surface area contributed by atoms with Gasteiger partial charge in [0.15, 0.2) is 0 Å². The number of carbonyl (C=O) groups is 2. The second-order valence-corrected chi connectivity index (χ2v) is 9.15. The Balaban J connectivity index is 1.92. The number of ether oxygens (including phenoxy) is 2. The van der Waals surface area contributed by atoms with Gasteiger partial charge in [0.2, 0.25) is 0 Å². The molecule has 0 aliphatic carbocycles. The van der Waals surface area contributed by atoms with Gasteiger partial charge < -0.3 is 14.6 Å². The van der Waals surface area contributed by atoms with Crippen molar-refractivity contribution in [3.05, 3.63) is 94.6 Å². The summed E-state index contributed by atoms with van der Waals surface area (Å²) in [5.41, 5.74) is 3.50. The van der Waals surface area contributed by atoms with E-state index in [-0.39, 0.29) is 17.4 Å². The van der Waals surface area contributed by atoms with Crippen molar-refractivity contribution in [2.75, 3.05) is 11.5 Å². The highest BCUT2D eigenvalue weighted by Crippen LogP contribution is 2.43. The molecule has 0 spiro atoms. The molecule has 36 heavy (non-hydrogen) atoms. The van der Waals surface area contributed by atoms with Crippen molar-refractivity contribution < 1.29 is 24.2 Å². The maximum Gasteiger partial charge on any atom is 0.300 e. The molecule has 1 N–H and O–H groups in total. The van der Waals surface area contributed by atoms with E-state index in [9.17, 15) is 14.7 Å². The molecule has 1 aliphatic rings. The van der Waals surface area contributed by atoms with Gasteiger partial charge in [0, 0.05) is 11.3 Å². The van der Waals surface area contributed by atoms with Crippen LogP contribution in [0.5, 0.6) is 11.5 Å². The standard InChI is InChI=1S/C30H31NO5/c1-6-35-23-14-12-22(13-15-23)31-27(21-8-7-9-24(17-21)36-18(2)3)26(29(33)30(31)34)28(32)25-16-19(4)10-11-20(25)5/h7-18,27,32H,6H2,1-5H3/b28-26+. The molecule has 6 nitrogen and oxygen atoms in total. The summed E-state index contributed by atoms with van der Waals surface area (Å²) in [6.45, 7) is 10.1. The number of aliphatic hydroxyl groups excluding tert-OH is 1. The van der Waals surface area contributed by atoms with Gasteiger partial charge in [0.05, 0.1) is 24.3 Å². The molecular formula is C30H31NO5. The summed E-state index contributed by atoms with van der Waals surface area (Å²) in [7, 11) is 0. The summed E-state index contributed by atoms with van der Waals surface area (Å²) in [5.74, 6) is -0.347. The Morgan fingerprint density at radius 3 is 2.36 bits per heavy atom. The zero-order chi connectivity index (χ0) is 26.0. The molecule has 1 amide bonds. The van der Waals surface area contributed by atoms with E-state index in [2.05, 4.69) is 0 Å². The van der Waals surface area contributed by atoms with Gasteiger partial charge in [0.1, 0.15) is 17.3 Å². The minimum Gasteiger partial charge on any atom is -0.507 e. The molecule has 0 aromatic heterocycles. The van der Waals surface area contributed by atoms with Crippen LogP contribution in [0.25, 0.3) is 5.76 Å². The van der Waals surface area contributed by atoms with Crippen molar-refractivity contribution in [2.24, 2.45) is 0 Å². The molecule has 6 heteroatoms. The average molecular weight is 486 g/mol. The molecule has 0 bridgehead atoms. The second kappa shape index (κ2) is 10.3. The van der Waals surface area contributed by atoms with Gasteiger partial charge in [-0.25, -0.2) is 0 Å². The van der Waals surface area contributed by atoms with Crippen LogP contribution >= 0.6 is 0 Å². The van der Waals surface area contributed by atoms with E-state index >= 15 is 0 Å². The molecule has 186 valence electrons. The molecule has 1 unspecified atom stereocenters. The Kier molecular flexibility index (Phi) is 7.15. The Hall–Kier alpha value is -4.06. The van der Waals surface area contributed by atoms with Crippen LogP contribution < -0.4 is 14.4 Å². The molecule has 0 radical (unpaired) electrons. The number of anilines is 1. The number of Topliss-reactive ketones (excluding diaryl/α,β-unsaturated/α-hetero) is 1. The van der Waals surface area contributed by atoms with Crippen LogP contribution in [0.2, 0.25) is 0 Å². The van der Waals surface area contributed by atoms with Crippen molar-refractivity contribution in [1.82, 2.24) is 0 Å². The maximum atomic E-state index is 13.5. The molecule has 1 aliphatic heterocycles. The van der Waals surface area contributed by atoms with Gasteiger partial charge in [0.25, 0.3) is 11.7 Å². The summed E-state index contributed by atoms with van der Waals surface area (Å²) in [4.78, 5) is 28.3. The Morgan fingerprint density at radius 1 is 0.972 bits per heavy atom. The first-order valence-electron chi connectivity index (χ1n) is 12.1. The summed E-state index contributed by atoms with van der Waals surface area (Å²) in [5, 5.41) is 11.5. The van der Waals surface area contributed by atoms with Crippen molar-refractivity contribution in [3.8, 4) is 11.5 Å². The molecule has 1 heterocycles. The lowest BCUT2D eigenvalue weighted by Gasteiger charge is -2.26. The largest absolute Gasteiger partial charge is 0.507 e. The number of ketones is 1. The van der Waals surface area contributed by atoms with Crippen molar-refractivity contribution in [3.63, 3.8) is 0 Å². The molecule has 0 saturated carbocycles. The minimum atomic E-state index is -0.835. The Morgan fingerprint density at radius 2 is 1.69 bits per heavy atom. The van der Waals surface area contributed by atoms with Crippen LogP contribution in [0.3, 0.4) is 0 Å². The number of hydrogen-bond donors (Lipinski definition) is 1. The third-order valence-electron chi connectivity index (χ3n) is 6.06. The van der Waals surface area contributed by atoms with E-state index in [1.165, 1.54) is 4.90 Å². The van der Waals surface area contributed by atoms with E-state index in [1.807, 2.05) is 77.1 Å². The lowest BCUT2D eigenvalue weighted by atomic mass is 9.93. The lowest BCUT2D eigenvalue weighted by Crippen LogP contribution is -2.29. The fourth-order valence-electron chi connectivity index (χ4n) is 4.45. The monoisotopic (exact) mass is 485 g/mol. The Labute approximate surface area is 211 Å². The topological polar surface area (TPSA) is 76.1 Å². The molecular weight excluding hydrogens is 454 g/mol. The third-order valence-corrected chi connectivity index (χ3v) is 6.06. The van der Waals surface area contributed by atoms with E-state index in [0.29, 0.717) is 34.9 Å². The smallest absolute Gasteiger partial charge is 0.300 e. The van der Waals surface area contributed by atoms with Crippen LogP contribution in [-0.4, -0.2) is 29.5 Å². The van der Waals surface area contributed by atoms with Crippen LogP contribution in [-0.2, 0) is 9.59 Å². The van der Waals surface area contributed by atoms with Crippen LogP contribution in [0.4, 0.5) is 5.69 Å². The minimum absolute atomic E-state index is 0.0456. The van der Waals surface area contributed by atoms with Gasteiger partial charge in [-0.15, -0.1) is 0 Å². The van der Waals surface area contributed by atoms with Gasteiger partial charge in [-0.1, -0.05) is 29.8 Å². The summed E-state index contributed by atoms with van der Waals surface area (Å²) >= 11 is 0. The summed E-state index contributed by atoms with van der Waals surface area (Å²) < 4.78 is 11.4. The normalized spacial score (nSPS) is 17.1. The number of nitrogens with zero attached hydrogens (tertiary/aromatic N) is 1. The van der Waals surface area contributed by atoms with Gasteiger partial charge in [-0.05, 0) is 88.2 Å².